The molecule has 5 rings (SSSR count). The van der Waals surface area contributed by atoms with Crippen molar-refractivity contribution in [2.75, 3.05) is 24.6 Å². The van der Waals surface area contributed by atoms with E-state index in [9.17, 15) is 4.79 Å². The Kier molecular flexibility index (Phi) is 8.33. The first-order chi connectivity index (χ1) is 18.0. The zero-order chi connectivity index (χ0) is 25.8. The van der Waals surface area contributed by atoms with Gasteiger partial charge in [-0.05, 0) is 62.8 Å². The van der Waals surface area contributed by atoms with Gasteiger partial charge in [0, 0.05) is 42.8 Å². The third kappa shape index (κ3) is 6.28. The van der Waals surface area contributed by atoms with Gasteiger partial charge >= 0.3 is 5.97 Å². The second-order valence-corrected chi connectivity index (χ2v) is 10.4. The number of carbonyl (C=O) groups excluding carboxylic acids is 1. The summed E-state index contributed by atoms with van der Waals surface area (Å²) >= 11 is 13.0. The minimum Gasteiger partial charge on any atom is -0.466 e. The van der Waals surface area contributed by atoms with Gasteiger partial charge in [-0.3, -0.25) is 4.79 Å². The molecule has 1 saturated carbocycles. The molecule has 0 atom stereocenters. The monoisotopic (exact) mass is 543 g/mol. The molecular formula is C28H31Cl2N3O4. The number of ether oxygens (including phenoxy) is 2. The number of hydrogen-bond acceptors (Lipinski definition) is 7. The van der Waals surface area contributed by atoms with Crippen molar-refractivity contribution in [3.8, 4) is 11.3 Å². The van der Waals surface area contributed by atoms with E-state index in [4.69, 9.17) is 37.2 Å². The van der Waals surface area contributed by atoms with Gasteiger partial charge in [-0.25, -0.2) is 4.98 Å². The van der Waals surface area contributed by atoms with Crippen LogP contribution in [0.25, 0.3) is 11.3 Å². The van der Waals surface area contributed by atoms with E-state index < -0.39 is 0 Å². The minimum atomic E-state index is -0.175. The number of halogens is 2. The van der Waals surface area contributed by atoms with E-state index in [1.807, 2.05) is 43.5 Å². The Morgan fingerprint density at radius 2 is 1.86 bits per heavy atom. The number of rotatable bonds is 10. The van der Waals surface area contributed by atoms with Crippen molar-refractivity contribution in [1.29, 1.82) is 0 Å². The summed E-state index contributed by atoms with van der Waals surface area (Å²) in [5, 5.41) is 5.46. The normalized spacial score (nSPS) is 16.2. The van der Waals surface area contributed by atoms with Crippen LogP contribution in [-0.2, 0) is 27.3 Å². The van der Waals surface area contributed by atoms with Gasteiger partial charge in [0.15, 0.2) is 0 Å². The molecule has 37 heavy (non-hydrogen) atoms. The maximum Gasteiger partial charge on any atom is 0.306 e. The van der Waals surface area contributed by atoms with Crippen molar-refractivity contribution in [2.45, 2.75) is 64.1 Å². The molecule has 196 valence electrons. The number of nitrogens with zero attached hydrogens (tertiary/aromatic N) is 3. The van der Waals surface area contributed by atoms with Crippen molar-refractivity contribution in [3.05, 3.63) is 63.5 Å². The summed E-state index contributed by atoms with van der Waals surface area (Å²) in [6.45, 7) is 4.37. The van der Waals surface area contributed by atoms with E-state index in [1.54, 1.807) is 0 Å². The molecule has 0 unspecified atom stereocenters. The summed E-state index contributed by atoms with van der Waals surface area (Å²) in [4.78, 5) is 18.5. The van der Waals surface area contributed by atoms with Crippen molar-refractivity contribution < 1.29 is 18.8 Å². The molecule has 3 aromatic rings. The quantitative estimate of drug-likeness (QED) is 0.266. The van der Waals surface area contributed by atoms with E-state index in [2.05, 4.69) is 15.0 Å². The minimum absolute atomic E-state index is 0.136. The zero-order valence-electron chi connectivity index (χ0n) is 20.9. The second kappa shape index (κ2) is 11.8. The highest BCUT2D eigenvalue weighted by atomic mass is 35.5. The molecule has 1 aliphatic carbocycles. The molecule has 1 aliphatic heterocycles. The van der Waals surface area contributed by atoms with Gasteiger partial charge in [-0.2, -0.15) is 0 Å². The molecule has 9 heteroatoms. The molecular weight excluding hydrogens is 513 g/mol. The number of benzene rings is 1. The molecule has 0 radical (unpaired) electrons. The number of hydrogen-bond donors (Lipinski definition) is 0. The van der Waals surface area contributed by atoms with Gasteiger partial charge in [0.25, 0.3) is 0 Å². The van der Waals surface area contributed by atoms with Crippen LogP contribution in [0, 0.1) is 0 Å². The predicted molar refractivity (Wildman–Crippen MR) is 143 cm³/mol. The van der Waals surface area contributed by atoms with Crippen molar-refractivity contribution in [3.63, 3.8) is 0 Å². The van der Waals surface area contributed by atoms with Crippen LogP contribution in [0.2, 0.25) is 10.0 Å². The zero-order valence-corrected chi connectivity index (χ0v) is 22.4. The van der Waals surface area contributed by atoms with Gasteiger partial charge in [-0.15, -0.1) is 0 Å². The highest BCUT2D eigenvalue weighted by Crippen LogP contribution is 2.46. The number of pyridine rings is 1. The fraction of sp³-hybridized carbons (Fsp3) is 0.464. The molecule has 7 nitrogen and oxygen atoms in total. The van der Waals surface area contributed by atoms with E-state index in [1.165, 1.54) is 0 Å². The first-order valence-electron chi connectivity index (χ1n) is 12.9. The van der Waals surface area contributed by atoms with E-state index in [-0.39, 0.29) is 12.1 Å². The Morgan fingerprint density at radius 1 is 1.11 bits per heavy atom. The summed E-state index contributed by atoms with van der Waals surface area (Å²) in [6.07, 6.45) is 7.00. The van der Waals surface area contributed by atoms with E-state index in [0.29, 0.717) is 53.3 Å². The Labute approximate surface area is 227 Å². The van der Waals surface area contributed by atoms with Crippen LogP contribution in [0.5, 0.6) is 0 Å². The fourth-order valence-electron chi connectivity index (χ4n) is 4.73. The van der Waals surface area contributed by atoms with Crippen LogP contribution in [0.4, 0.5) is 5.82 Å². The average Bonchev–Trinajstić information content (AvgIpc) is 3.67. The molecule has 1 saturated heterocycles. The lowest BCUT2D eigenvalue weighted by Crippen LogP contribution is -2.37. The molecule has 0 spiro atoms. The smallest absolute Gasteiger partial charge is 0.306 e. The van der Waals surface area contributed by atoms with Crippen molar-refractivity contribution in [2.24, 2.45) is 0 Å². The van der Waals surface area contributed by atoms with Gasteiger partial charge in [0.1, 0.15) is 17.3 Å². The first-order valence-corrected chi connectivity index (χ1v) is 13.7. The average molecular weight is 544 g/mol. The standard InChI is InChI=1S/C28H31Cl2N3O4/c1-2-35-25(34)11-7-18-6-10-24(31-16-18)33-14-12-20(13-15-33)36-17-21-27(32-37-28(21)19-8-9-19)26-22(29)4-3-5-23(26)30/h3-6,10,16,19-20H,2,7-9,11-15,17H2,1H3. The third-order valence-corrected chi connectivity index (χ3v) is 7.56. The van der Waals surface area contributed by atoms with Crippen LogP contribution >= 0.6 is 23.2 Å². The molecule has 0 N–H and O–H groups in total. The maximum absolute atomic E-state index is 11.6. The van der Waals surface area contributed by atoms with Crippen LogP contribution in [0.1, 0.15) is 61.8 Å². The molecule has 2 aliphatic rings. The number of aromatic nitrogens is 2. The van der Waals surface area contributed by atoms with E-state index >= 15 is 0 Å². The molecule has 0 bridgehead atoms. The SMILES string of the molecule is CCOC(=O)CCc1ccc(N2CCC(OCc3c(-c4c(Cl)cccc4Cl)noc3C3CC3)CC2)nc1. The molecule has 1 aromatic carbocycles. The Bertz CT molecular complexity index is 1200. The summed E-state index contributed by atoms with van der Waals surface area (Å²) in [5.41, 5.74) is 3.37. The Hall–Kier alpha value is -2.61. The molecule has 3 heterocycles. The van der Waals surface area contributed by atoms with Crippen molar-refractivity contribution >= 4 is 35.0 Å². The Morgan fingerprint density at radius 3 is 2.51 bits per heavy atom. The highest BCUT2D eigenvalue weighted by Gasteiger charge is 2.34. The van der Waals surface area contributed by atoms with Crippen LogP contribution < -0.4 is 4.90 Å². The van der Waals surface area contributed by atoms with Gasteiger partial charge in [0.05, 0.1) is 29.4 Å². The topological polar surface area (TPSA) is 77.7 Å². The van der Waals surface area contributed by atoms with Gasteiger partial charge in [0.2, 0.25) is 0 Å². The number of esters is 1. The predicted octanol–water partition coefficient (Wildman–Crippen LogP) is 6.60. The lowest BCUT2D eigenvalue weighted by Gasteiger charge is -2.32. The first kappa shape index (κ1) is 26.0. The lowest BCUT2D eigenvalue weighted by molar-refractivity contribution is -0.143. The Balaban J connectivity index is 1.17. The molecule has 2 aromatic heterocycles. The number of carbonyl (C=O) groups is 1. The van der Waals surface area contributed by atoms with Crippen LogP contribution in [0.3, 0.4) is 0 Å². The summed E-state index contributed by atoms with van der Waals surface area (Å²) < 4.78 is 17.1. The second-order valence-electron chi connectivity index (χ2n) is 9.57. The summed E-state index contributed by atoms with van der Waals surface area (Å²) in [5.74, 6) is 2.07. The van der Waals surface area contributed by atoms with Crippen LogP contribution in [-0.4, -0.2) is 41.9 Å². The fourth-order valence-corrected chi connectivity index (χ4v) is 5.31. The largest absolute Gasteiger partial charge is 0.466 e. The van der Waals surface area contributed by atoms with E-state index in [0.717, 1.165) is 61.5 Å². The number of anilines is 1. The van der Waals surface area contributed by atoms with Crippen molar-refractivity contribution in [1.82, 2.24) is 10.1 Å². The molecule has 0 amide bonds. The summed E-state index contributed by atoms with van der Waals surface area (Å²) in [6, 6.07) is 9.52. The lowest BCUT2D eigenvalue weighted by atomic mass is 10.0. The molecule has 2 fully saturated rings. The third-order valence-electron chi connectivity index (χ3n) is 6.93. The van der Waals surface area contributed by atoms with Gasteiger partial charge in [-0.1, -0.05) is 40.5 Å². The number of aryl methyl sites for hydroxylation is 1. The maximum atomic E-state index is 11.6. The van der Waals surface area contributed by atoms with Crippen LogP contribution in [0.15, 0.2) is 41.1 Å². The highest BCUT2D eigenvalue weighted by molar-refractivity contribution is 6.39. The summed E-state index contributed by atoms with van der Waals surface area (Å²) in [7, 11) is 0. The number of piperidine rings is 1. The van der Waals surface area contributed by atoms with Gasteiger partial charge < -0.3 is 18.9 Å².